The van der Waals surface area contributed by atoms with Gasteiger partial charge in [0.05, 0.1) is 0 Å². The zero-order valence-electron chi connectivity index (χ0n) is 12.0. The predicted octanol–water partition coefficient (Wildman–Crippen LogP) is 5.17. The average Bonchev–Trinajstić information content (AvgIpc) is 3.46. The van der Waals surface area contributed by atoms with E-state index in [2.05, 4.69) is 24.3 Å². The van der Waals surface area contributed by atoms with Crippen molar-refractivity contribution in [1.29, 1.82) is 0 Å². The average molecular weight is 338 g/mol. The maximum absolute atomic E-state index is 5.61. The molecule has 5 unspecified atom stereocenters. The van der Waals surface area contributed by atoms with E-state index >= 15 is 0 Å². The van der Waals surface area contributed by atoms with Gasteiger partial charge in [-0.15, -0.1) is 0 Å². The summed E-state index contributed by atoms with van der Waals surface area (Å²) in [5.74, 6) is 1.15. The third-order valence-electron chi connectivity index (χ3n) is 16.4. The number of fused-ring (bicyclic) bond motifs is 10. The van der Waals surface area contributed by atoms with E-state index in [0.717, 1.165) is 9.80 Å². The Balaban J connectivity index is 1.18. The number of hydrogen-bond donors (Lipinski definition) is 0. The molecule has 0 amide bonds. The first kappa shape index (κ1) is 8.72. The first-order valence-electron chi connectivity index (χ1n) is 8.65. The van der Waals surface area contributed by atoms with Crippen molar-refractivity contribution in [3.63, 3.8) is 0 Å². The van der Waals surface area contributed by atoms with Crippen LogP contribution in [0.1, 0.15) is 5.56 Å². The molecule has 10 heterocycles. The van der Waals surface area contributed by atoms with Crippen molar-refractivity contribution >= 4 is 8.58 Å². The van der Waals surface area contributed by atoms with Gasteiger partial charge in [-0.1, -0.05) is 0 Å². The van der Waals surface area contributed by atoms with E-state index in [1.54, 1.807) is 0 Å². The first-order valence-corrected chi connectivity index (χ1v) is 16.2. The fourth-order valence-corrected chi connectivity index (χ4v) is 104. The van der Waals surface area contributed by atoms with E-state index in [1.807, 2.05) is 7.11 Å². The molecule has 3 heteroatoms. The van der Waals surface area contributed by atoms with Crippen LogP contribution in [0.3, 0.4) is 0 Å². The third-order valence-corrected chi connectivity index (χ3v) is 65.1. The molecule has 0 N–H and O–H groups in total. The zero-order chi connectivity index (χ0) is 13.1. The van der Waals surface area contributed by atoms with Gasteiger partial charge in [0.25, 0.3) is 0 Å². The van der Waals surface area contributed by atoms with Crippen molar-refractivity contribution in [2.75, 3.05) is 7.11 Å². The number of rotatable bonds is 4. The van der Waals surface area contributed by atoms with Crippen LogP contribution in [0, 0.1) is 0 Å². The van der Waals surface area contributed by atoms with Crippen molar-refractivity contribution in [1.82, 2.24) is 0 Å². The Hall–Kier alpha value is -0.0305. The molecule has 0 aliphatic carbocycles. The van der Waals surface area contributed by atoms with Crippen LogP contribution in [0.25, 0.3) is 0 Å². The van der Waals surface area contributed by atoms with Crippen molar-refractivity contribution < 1.29 is 11.2 Å². The van der Waals surface area contributed by atoms with Crippen LogP contribution in [0.4, 0.5) is 0 Å². The van der Waals surface area contributed by atoms with Gasteiger partial charge in [0.2, 0.25) is 0 Å². The SMILES string of the molecule is COc1ccccc1CP[C]12[CH]3[CH]4[CH]5[CH]1[Fe]45321678[CH]2[CH]1[CH]6[CH]7[CH]28. The Morgan fingerprint density at radius 2 is 1.62 bits per heavy atom. The summed E-state index contributed by atoms with van der Waals surface area (Å²) in [4.78, 5) is 13.4. The molecule has 0 saturated carbocycles. The molecule has 10 fully saturated rings. The van der Waals surface area contributed by atoms with Crippen molar-refractivity contribution in [3.8, 4) is 5.75 Å². The number of methoxy groups -OCH3 is 1. The molecule has 21 heavy (non-hydrogen) atoms. The summed E-state index contributed by atoms with van der Waals surface area (Å²) in [5, 5.41) is 0. The van der Waals surface area contributed by atoms with E-state index in [-0.39, 0.29) is 0 Å². The standard InChI is InChI=1S/C13H14OP.C5H5.Fe/c1-14-13-9-5-2-6-11(13)10-15-12-7-3-4-8-12;1-2-4-5-3-1;/h2-9,15H,10H2,1H3;1-5H;. The number of hydrogen-bond acceptors (Lipinski definition) is 1. The predicted molar refractivity (Wildman–Crippen MR) is 81.5 cm³/mol. The summed E-state index contributed by atoms with van der Waals surface area (Å²) in [6, 6.07) is 8.83. The summed E-state index contributed by atoms with van der Waals surface area (Å²) >= 11 is 0. The van der Waals surface area contributed by atoms with E-state index in [0.29, 0.717) is 0 Å². The third kappa shape index (κ3) is 0.120. The van der Waals surface area contributed by atoms with Gasteiger partial charge in [-0.25, -0.2) is 0 Å². The molecule has 10 aliphatic rings. The molecule has 11 rings (SSSR count). The monoisotopic (exact) mass is 338 g/mol. The van der Waals surface area contributed by atoms with Crippen LogP contribution in [-0.4, -0.2) is 11.2 Å². The molecule has 1 nitrogen and oxygen atoms in total. The maximum atomic E-state index is 5.61. The summed E-state index contributed by atoms with van der Waals surface area (Å²) in [6.45, 7) is -2.79. The topological polar surface area (TPSA) is 9.23 Å². The molecule has 10 aliphatic heterocycles. The molecule has 0 radical (unpaired) electrons. The van der Waals surface area contributed by atoms with E-state index in [4.69, 9.17) is 4.74 Å². The zero-order valence-corrected chi connectivity index (χ0v) is 14.1. The van der Waals surface area contributed by atoms with Gasteiger partial charge in [-0.05, 0) is 0 Å². The Morgan fingerprint density at radius 1 is 1.00 bits per heavy atom. The summed E-state index contributed by atoms with van der Waals surface area (Å²) in [7, 11) is 3.14. The molecular formula is C18H19FeOP. The second kappa shape index (κ2) is 0.868. The second-order valence-electron chi connectivity index (χ2n) is 11.8. The second-order valence-corrected chi connectivity index (χ2v) is 37.4. The fourth-order valence-electron chi connectivity index (χ4n) is 17.7. The summed E-state index contributed by atoms with van der Waals surface area (Å²) < 4.78 is 6.72. The van der Waals surface area contributed by atoms with Crippen LogP contribution in [-0.2, 0) is 12.7 Å². The van der Waals surface area contributed by atoms with E-state index in [1.165, 1.54) is 63.7 Å². The number of benzene rings is 1. The fraction of sp³-hybridized carbons (Fsp3) is 0.667. The minimum atomic E-state index is -2.79. The molecule has 0 bridgehead atoms. The molecule has 5 atom stereocenters. The van der Waals surface area contributed by atoms with Gasteiger partial charge in [0.15, 0.2) is 0 Å². The van der Waals surface area contributed by atoms with Crippen LogP contribution >= 0.6 is 8.58 Å². The molecule has 1 aromatic carbocycles. The Bertz CT molecular complexity index is 1140. The number of ether oxygens (including phenoxy) is 1. The van der Waals surface area contributed by atoms with Crippen LogP contribution in [0.5, 0.6) is 5.75 Å². The van der Waals surface area contributed by atoms with Gasteiger partial charge < -0.3 is 0 Å². The van der Waals surface area contributed by atoms with Gasteiger partial charge >= 0.3 is 116 Å². The van der Waals surface area contributed by atoms with Crippen molar-refractivity contribution in [2.24, 2.45) is 0 Å². The van der Waals surface area contributed by atoms with E-state index in [9.17, 15) is 0 Å². The van der Waals surface area contributed by atoms with Crippen molar-refractivity contribution in [3.05, 3.63) is 29.8 Å². The molecule has 1 aromatic rings. The van der Waals surface area contributed by atoms with Gasteiger partial charge in [-0.3, -0.25) is 0 Å². The summed E-state index contributed by atoms with van der Waals surface area (Å²) in [6.07, 6.45) is 1.35. The Morgan fingerprint density at radius 3 is 2.10 bits per heavy atom. The Kier molecular flexibility index (Phi) is 0.361. The normalized spacial score (nSPS) is 99.0. The van der Waals surface area contributed by atoms with Gasteiger partial charge in [0.1, 0.15) is 0 Å². The van der Waals surface area contributed by atoms with Gasteiger partial charge in [0, 0.05) is 0 Å². The minimum absolute atomic E-state index is 1.11. The quantitative estimate of drug-likeness (QED) is 0.544. The van der Waals surface area contributed by atoms with Crippen LogP contribution in [0.15, 0.2) is 24.3 Å². The molecule has 110 valence electrons. The van der Waals surface area contributed by atoms with Crippen LogP contribution < -0.4 is 4.74 Å². The first-order chi connectivity index (χ1) is 10.1. The van der Waals surface area contributed by atoms with Crippen LogP contribution in [0.2, 0.25) is 43.3 Å². The van der Waals surface area contributed by atoms with E-state index < -0.39 is 6.51 Å². The number of para-hydroxylation sites is 1. The molecular weight excluding hydrogens is 319 g/mol. The summed E-state index contributed by atoms with van der Waals surface area (Å²) in [5.41, 5.74) is 1.51. The molecule has 0 aromatic heterocycles. The Labute approximate surface area is 116 Å². The molecule has 1 spiro atoms. The van der Waals surface area contributed by atoms with Gasteiger partial charge in [-0.2, -0.15) is 0 Å². The van der Waals surface area contributed by atoms with Crippen molar-refractivity contribution in [2.45, 2.75) is 53.6 Å². The molecule has 10 saturated heterocycles.